The van der Waals surface area contributed by atoms with Gasteiger partial charge in [-0.15, -0.1) is 0 Å². The van der Waals surface area contributed by atoms with Crippen LogP contribution in [0.3, 0.4) is 0 Å². The van der Waals surface area contributed by atoms with Crippen molar-refractivity contribution >= 4 is 6.16 Å². The van der Waals surface area contributed by atoms with Gasteiger partial charge in [-0.25, -0.2) is 4.79 Å². The van der Waals surface area contributed by atoms with Crippen molar-refractivity contribution in [3.63, 3.8) is 0 Å². The second-order valence-corrected chi connectivity index (χ2v) is 10.9. The Bertz CT molecular complexity index is 238. The molecule has 0 aromatic heterocycles. The van der Waals surface area contributed by atoms with E-state index in [-0.39, 0.29) is 0 Å². The van der Waals surface area contributed by atoms with Crippen LogP contribution in [0.2, 0.25) is 0 Å². The fourth-order valence-electron chi connectivity index (χ4n) is 5.30. The maximum atomic E-state index is 8.56. The van der Waals surface area contributed by atoms with E-state index in [0.717, 1.165) is 14.2 Å². The average molecular weight is 547 g/mol. The standard InChI is InChI=1S/3C10H20.CH2O3.2CH4O/c3*1-2-4-6-8-10-9-7-5-3-1;2-1(3)4;2*1-2/h3*1-10H2;(H2,2,3,4);2*2H,1H3. The molecular weight excluding hydrogens is 476 g/mol. The van der Waals surface area contributed by atoms with E-state index in [1.165, 1.54) is 193 Å². The Hall–Kier alpha value is -0.810. The van der Waals surface area contributed by atoms with Crippen LogP contribution in [-0.4, -0.2) is 40.8 Å². The summed E-state index contributed by atoms with van der Waals surface area (Å²) in [6.45, 7) is 0. The first-order chi connectivity index (χ1) is 18.7. The van der Waals surface area contributed by atoms with Crippen LogP contribution in [0, 0.1) is 0 Å². The van der Waals surface area contributed by atoms with Gasteiger partial charge in [-0.2, -0.15) is 0 Å². The monoisotopic (exact) mass is 547 g/mol. The molecule has 0 aromatic rings. The summed E-state index contributed by atoms with van der Waals surface area (Å²) in [6.07, 6.45) is 43.2. The molecule has 3 saturated carbocycles. The smallest absolute Gasteiger partial charge is 0.450 e. The van der Waals surface area contributed by atoms with E-state index >= 15 is 0 Å². The van der Waals surface area contributed by atoms with Gasteiger partial charge in [0.2, 0.25) is 0 Å². The van der Waals surface area contributed by atoms with Crippen molar-refractivity contribution < 1.29 is 25.2 Å². The highest BCUT2D eigenvalue weighted by molar-refractivity contribution is 5.53. The summed E-state index contributed by atoms with van der Waals surface area (Å²) in [5.74, 6) is 0. The predicted molar refractivity (Wildman–Crippen MR) is 165 cm³/mol. The Labute approximate surface area is 238 Å². The molecule has 0 aromatic carbocycles. The van der Waals surface area contributed by atoms with Crippen LogP contribution >= 0.6 is 0 Å². The first-order valence-corrected chi connectivity index (χ1v) is 16.5. The van der Waals surface area contributed by atoms with Crippen molar-refractivity contribution in [1.82, 2.24) is 0 Å². The Morgan fingerprint density at radius 3 is 0.316 bits per heavy atom. The minimum atomic E-state index is -1.83. The van der Waals surface area contributed by atoms with Gasteiger partial charge in [-0.1, -0.05) is 193 Å². The topological polar surface area (TPSA) is 98.0 Å². The number of carboxylic acid groups (broad SMARTS) is 2. The van der Waals surface area contributed by atoms with Gasteiger partial charge in [-0.3, -0.25) is 0 Å². The molecule has 5 heteroatoms. The summed E-state index contributed by atoms with van der Waals surface area (Å²) in [7, 11) is 2.00. The number of carbonyl (C=O) groups is 1. The number of rotatable bonds is 0. The zero-order valence-electron chi connectivity index (χ0n) is 25.9. The minimum Gasteiger partial charge on any atom is -0.450 e. The molecule has 3 aliphatic carbocycles. The summed E-state index contributed by atoms with van der Waals surface area (Å²) in [4.78, 5) is 8.56. The third-order valence-electron chi connectivity index (χ3n) is 7.50. The normalized spacial score (nSPS) is 19.9. The molecule has 0 saturated heterocycles. The molecule has 0 bridgehead atoms. The minimum absolute atomic E-state index is 1.00. The summed E-state index contributed by atoms with van der Waals surface area (Å²) in [6, 6.07) is 0. The van der Waals surface area contributed by atoms with Crippen LogP contribution < -0.4 is 0 Å². The summed E-state index contributed by atoms with van der Waals surface area (Å²) in [5.41, 5.74) is 0. The fraction of sp³-hybridized carbons (Fsp3) is 0.970. The van der Waals surface area contributed by atoms with Crippen LogP contribution in [0.25, 0.3) is 0 Å². The van der Waals surface area contributed by atoms with E-state index in [9.17, 15) is 0 Å². The molecule has 0 amide bonds. The number of hydrogen-bond acceptors (Lipinski definition) is 3. The molecule has 3 aliphatic rings. The number of hydrogen-bond donors (Lipinski definition) is 4. The quantitative estimate of drug-likeness (QED) is 0.242. The van der Waals surface area contributed by atoms with Gasteiger partial charge in [0.1, 0.15) is 0 Å². The van der Waals surface area contributed by atoms with Gasteiger partial charge in [0.05, 0.1) is 0 Å². The lowest BCUT2D eigenvalue weighted by Gasteiger charge is -2.05. The van der Waals surface area contributed by atoms with Gasteiger partial charge >= 0.3 is 6.16 Å². The SMILES string of the molecule is C1CCCCCCCCC1.C1CCCCCCCCC1.C1CCCCCCCCC1.CO.CO.O=C(O)O. The highest BCUT2D eigenvalue weighted by atomic mass is 16.6. The Morgan fingerprint density at radius 2 is 0.289 bits per heavy atom. The number of aliphatic hydroxyl groups is 2. The molecule has 38 heavy (non-hydrogen) atoms. The fourth-order valence-corrected chi connectivity index (χ4v) is 5.30. The molecule has 0 atom stereocenters. The molecule has 0 spiro atoms. The second kappa shape index (κ2) is 43.2. The van der Waals surface area contributed by atoms with E-state index < -0.39 is 6.16 Å². The van der Waals surface area contributed by atoms with E-state index in [0.29, 0.717) is 0 Å². The molecule has 0 radical (unpaired) electrons. The maximum Gasteiger partial charge on any atom is 0.503 e. The summed E-state index contributed by atoms with van der Waals surface area (Å²) in [5, 5.41) is 27.9. The Balaban J connectivity index is -0.000000425. The van der Waals surface area contributed by atoms with Gasteiger partial charge in [0.15, 0.2) is 0 Å². The second-order valence-electron chi connectivity index (χ2n) is 10.9. The van der Waals surface area contributed by atoms with Gasteiger partial charge in [0, 0.05) is 14.2 Å². The molecule has 0 unspecified atom stereocenters. The zero-order chi connectivity index (χ0) is 28.8. The Kier molecular flexibility index (Phi) is 47.4. The zero-order valence-corrected chi connectivity index (χ0v) is 25.9. The van der Waals surface area contributed by atoms with Crippen molar-refractivity contribution in [2.75, 3.05) is 14.2 Å². The van der Waals surface area contributed by atoms with E-state index in [2.05, 4.69) is 0 Å². The summed E-state index contributed by atoms with van der Waals surface area (Å²) >= 11 is 0. The maximum absolute atomic E-state index is 8.56. The molecule has 4 N–H and O–H groups in total. The van der Waals surface area contributed by atoms with Crippen molar-refractivity contribution in [1.29, 1.82) is 0 Å². The highest BCUT2D eigenvalue weighted by Crippen LogP contribution is 2.17. The molecule has 3 fully saturated rings. The highest BCUT2D eigenvalue weighted by Gasteiger charge is 1.97. The van der Waals surface area contributed by atoms with Crippen molar-refractivity contribution in [2.24, 2.45) is 0 Å². The third kappa shape index (κ3) is 48.3. The molecule has 0 heterocycles. The lowest BCUT2D eigenvalue weighted by Crippen LogP contribution is -1.85. The van der Waals surface area contributed by atoms with E-state index in [4.69, 9.17) is 25.2 Å². The molecule has 232 valence electrons. The summed E-state index contributed by atoms with van der Waals surface area (Å²) < 4.78 is 0. The Morgan fingerprint density at radius 1 is 0.263 bits per heavy atom. The van der Waals surface area contributed by atoms with Crippen molar-refractivity contribution in [2.45, 2.75) is 193 Å². The average Bonchev–Trinajstić information content (AvgIpc) is 2.96. The van der Waals surface area contributed by atoms with Crippen LogP contribution in [0.4, 0.5) is 4.79 Å². The molecule has 5 nitrogen and oxygen atoms in total. The lowest BCUT2D eigenvalue weighted by atomic mass is 10.0. The van der Waals surface area contributed by atoms with Crippen LogP contribution in [-0.2, 0) is 0 Å². The van der Waals surface area contributed by atoms with Gasteiger partial charge in [0.25, 0.3) is 0 Å². The van der Waals surface area contributed by atoms with Crippen molar-refractivity contribution in [3.8, 4) is 0 Å². The molecule has 0 aliphatic heterocycles. The van der Waals surface area contributed by atoms with E-state index in [1.807, 2.05) is 0 Å². The lowest BCUT2D eigenvalue weighted by molar-refractivity contribution is 0.137. The van der Waals surface area contributed by atoms with Crippen molar-refractivity contribution in [3.05, 3.63) is 0 Å². The largest absolute Gasteiger partial charge is 0.503 e. The van der Waals surface area contributed by atoms with E-state index in [1.54, 1.807) is 0 Å². The third-order valence-corrected chi connectivity index (χ3v) is 7.50. The first-order valence-electron chi connectivity index (χ1n) is 16.5. The van der Waals surface area contributed by atoms with Gasteiger partial charge < -0.3 is 20.4 Å². The van der Waals surface area contributed by atoms with Gasteiger partial charge in [-0.05, 0) is 0 Å². The first kappa shape index (κ1) is 41.7. The predicted octanol–water partition coefficient (Wildman–Crippen LogP) is 11.1. The molecule has 3 rings (SSSR count). The molecular formula is C33H70O5. The number of aliphatic hydroxyl groups excluding tert-OH is 2. The van der Waals surface area contributed by atoms with Crippen LogP contribution in [0.1, 0.15) is 193 Å². The van der Waals surface area contributed by atoms with Crippen LogP contribution in [0.5, 0.6) is 0 Å². The van der Waals surface area contributed by atoms with Crippen LogP contribution in [0.15, 0.2) is 0 Å².